The van der Waals surface area contributed by atoms with E-state index in [9.17, 15) is 14.4 Å². The van der Waals surface area contributed by atoms with Crippen LogP contribution in [-0.2, 0) is 28.6 Å². The topological polar surface area (TPSA) is 78.9 Å². The number of allylic oxidation sites excluding steroid dienone is 10. The summed E-state index contributed by atoms with van der Waals surface area (Å²) in [6, 6.07) is 0. The van der Waals surface area contributed by atoms with Gasteiger partial charge >= 0.3 is 17.9 Å². The molecular weight excluding hydrogens is 781 g/mol. The van der Waals surface area contributed by atoms with Gasteiger partial charge in [0.2, 0.25) is 0 Å². The fourth-order valence-electron chi connectivity index (χ4n) is 7.47. The lowest BCUT2D eigenvalue weighted by Gasteiger charge is -2.18. The zero-order valence-corrected chi connectivity index (χ0v) is 41.6. The van der Waals surface area contributed by atoms with Crippen LogP contribution >= 0.6 is 0 Å². The molecule has 1 atom stereocenters. The first kappa shape index (κ1) is 60.1. The Bertz CT molecular complexity index is 1150. The molecule has 0 fully saturated rings. The lowest BCUT2D eigenvalue weighted by Crippen LogP contribution is -2.30. The zero-order chi connectivity index (χ0) is 45.8. The van der Waals surface area contributed by atoms with Crippen LogP contribution < -0.4 is 0 Å². The van der Waals surface area contributed by atoms with Crippen LogP contribution in [0.2, 0.25) is 0 Å². The fraction of sp³-hybridized carbons (Fsp3) is 0.772. The summed E-state index contributed by atoms with van der Waals surface area (Å²) in [6.45, 7) is 6.57. The monoisotopic (exact) mass is 881 g/mol. The molecule has 0 saturated carbocycles. The van der Waals surface area contributed by atoms with E-state index in [2.05, 4.69) is 81.5 Å². The number of esters is 3. The predicted molar refractivity (Wildman–Crippen MR) is 270 cm³/mol. The van der Waals surface area contributed by atoms with E-state index in [0.717, 1.165) is 89.9 Å². The molecule has 0 bridgehead atoms. The summed E-state index contributed by atoms with van der Waals surface area (Å²) in [6.07, 6.45) is 63.4. The number of carbonyl (C=O) groups excluding carboxylic acids is 3. The van der Waals surface area contributed by atoms with E-state index in [0.29, 0.717) is 19.3 Å². The largest absolute Gasteiger partial charge is 0.462 e. The Labute approximate surface area is 390 Å². The van der Waals surface area contributed by atoms with Gasteiger partial charge in [-0.3, -0.25) is 14.4 Å². The van der Waals surface area contributed by atoms with Gasteiger partial charge in [0.05, 0.1) is 0 Å². The van der Waals surface area contributed by atoms with Crippen molar-refractivity contribution in [2.45, 2.75) is 271 Å². The minimum atomic E-state index is -0.784. The maximum atomic E-state index is 12.8. The summed E-state index contributed by atoms with van der Waals surface area (Å²) in [4.78, 5) is 38.0. The molecule has 0 radical (unpaired) electrons. The first-order chi connectivity index (χ1) is 31.0. The van der Waals surface area contributed by atoms with Crippen LogP contribution in [0.15, 0.2) is 60.8 Å². The summed E-state index contributed by atoms with van der Waals surface area (Å²) < 4.78 is 16.8. The van der Waals surface area contributed by atoms with Gasteiger partial charge in [-0.05, 0) is 77.0 Å². The van der Waals surface area contributed by atoms with Gasteiger partial charge in [-0.25, -0.2) is 0 Å². The summed E-state index contributed by atoms with van der Waals surface area (Å²) in [7, 11) is 0. The Morgan fingerprint density at radius 2 is 0.635 bits per heavy atom. The fourth-order valence-corrected chi connectivity index (χ4v) is 7.47. The number of ether oxygens (including phenoxy) is 3. The normalized spacial score (nSPS) is 12.5. The number of rotatable bonds is 48. The quantitative estimate of drug-likeness (QED) is 0.0199. The molecule has 0 aliphatic carbocycles. The van der Waals surface area contributed by atoms with Gasteiger partial charge in [-0.1, -0.05) is 229 Å². The highest BCUT2D eigenvalue weighted by Crippen LogP contribution is 2.15. The van der Waals surface area contributed by atoms with Crippen molar-refractivity contribution in [1.82, 2.24) is 0 Å². The van der Waals surface area contributed by atoms with Crippen molar-refractivity contribution in [2.75, 3.05) is 13.2 Å². The molecule has 0 saturated heterocycles. The van der Waals surface area contributed by atoms with E-state index in [1.165, 1.54) is 135 Å². The zero-order valence-electron chi connectivity index (χ0n) is 41.6. The smallest absolute Gasteiger partial charge is 0.306 e. The van der Waals surface area contributed by atoms with Crippen LogP contribution in [0.5, 0.6) is 0 Å². The molecule has 0 amide bonds. The third-order valence-electron chi connectivity index (χ3n) is 11.6. The van der Waals surface area contributed by atoms with Gasteiger partial charge in [-0.15, -0.1) is 0 Å². The van der Waals surface area contributed by atoms with Gasteiger partial charge in [0.1, 0.15) is 13.2 Å². The molecule has 0 aromatic heterocycles. The van der Waals surface area contributed by atoms with Gasteiger partial charge in [-0.2, -0.15) is 0 Å². The Morgan fingerprint density at radius 3 is 1.03 bits per heavy atom. The Hall–Kier alpha value is -2.89. The lowest BCUT2D eigenvalue weighted by atomic mass is 10.1. The van der Waals surface area contributed by atoms with E-state index in [1.807, 2.05) is 0 Å². The average molecular weight is 881 g/mol. The number of unbranched alkanes of at least 4 members (excludes halogenated alkanes) is 29. The summed E-state index contributed by atoms with van der Waals surface area (Å²) in [5, 5.41) is 0. The van der Waals surface area contributed by atoms with E-state index in [-0.39, 0.29) is 31.1 Å². The molecule has 0 aliphatic rings. The molecule has 0 aromatic rings. The first-order valence-electron chi connectivity index (χ1n) is 26.8. The number of hydrogen-bond acceptors (Lipinski definition) is 6. The molecule has 0 spiro atoms. The Kier molecular flexibility index (Phi) is 49.4. The van der Waals surface area contributed by atoms with Crippen LogP contribution in [0.25, 0.3) is 0 Å². The molecular formula is C57H100O6. The van der Waals surface area contributed by atoms with Crippen LogP contribution in [0.3, 0.4) is 0 Å². The van der Waals surface area contributed by atoms with Gasteiger partial charge in [0, 0.05) is 19.3 Å². The van der Waals surface area contributed by atoms with Crippen molar-refractivity contribution in [1.29, 1.82) is 0 Å². The highest BCUT2D eigenvalue weighted by atomic mass is 16.6. The van der Waals surface area contributed by atoms with Crippen molar-refractivity contribution in [2.24, 2.45) is 0 Å². The van der Waals surface area contributed by atoms with Crippen molar-refractivity contribution < 1.29 is 28.6 Å². The van der Waals surface area contributed by atoms with Crippen LogP contribution in [0.1, 0.15) is 265 Å². The maximum absolute atomic E-state index is 12.8. The van der Waals surface area contributed by atoms with E-state index in [1.54, 1.807) is 0 Å². The van der Waals surface area contributed by atoms with E-state index >= 15 is 0 Å². The van der Waals surface area contributed by atoms with Crippen molar-refractivity contribution in [3.63, 3.8) is 0 Å². The van der Waals surface area contributed by atoms with Crippen molar-refractivity contribution in [3.8, 4) is 0 Å². The second-order valence-corrected chi connectivity index (χ2v) is 17.8. The highest BCUT2D eigenvalue weighted by molar-refractivity contribution is 5.71. The Morgan fingerprint density at radius 1 is 0.333 bits per heavy atom. The first-order valence-corrected chi connectivity index (χ1v) is 26.8. The molecule has 6 nitrogen and oxygen atoms in total. The highest BCUT2D eigenvalue weighted by Gasteiger charge is 2.19. The SMILES string of the molecule is CCCCC/C=C\C/C=C\CCCCCCCCCC(=O)OC(COC(=O)CCCCCCC\C=C/C=C\C=C/CCCCCCC)COC(=O)CCCCCCCCCCCC. The molecule has 364 valence electrons. The summed E-state index contributed by atoms with van der Waals surface area (Å²) in [5.74, 6) is -0.906. The van der Waals surface area contributed by atoms with E-state index in [4.69, 9.17) is 14.2 Å². The van der Waals surface area contributed by atoms with Crippen LogP contribution in [0.4, 0.5) is 0 Å². The molecule has 0 N–H and O–H groups in total. The molecule has 1 unspecified atom stereocenters. The van der Waals surface area contributed by atoms with Gasteiger partial charge in [0.15, 0.2) is 6.10 Å². The number of carbonyl (C=O) groups is 3. The number of hydrogen-bond donors (Lipinski definition) is 0. The van der Waals surface area contributed by atoms with Gasteiger partial charge < -0.3 is 14.2 Å². The second kappa shape index (κ2) is 51.7. The maximum Gasteiger partial charge on any atom is 0.306 e. The van der Waals surface area contributed by atoms with Crippen LogP contribution in [0, 0.1) is 0 Å². The van der Waals surface area contributed by atoms with Crippen LogP contribution in [-0.4, -0.2) is 37.2 Å². The second-order valence-electron chi connectivity index (χ2n) is 17.8. The summed E-state index contributed by atoms with van der Waals surface area (Å²) >= 11 is 0. The molecule has 0 aliphatic heterocycles. The summed E-state index contributed by atoms with van der Waals surface area (Å²) in [5.41, 5.74) is 0. The lowest BCUT2D eigenvalue weighted by molar-refractivity contribution is -0.167. The molecule has 63 heavy (non-hydrogen) atoms. The predicted octanol–water partition coefficient (Wildman–Crippen LogP) is 17.6. The standard InChI is InChI=1S/C57H100O6/c1-4-7-10-13-16-19-22-24-26-28-30-31-33-35-38-41-44-47-50-56(59)62-53-54(52-61-55(58)49-46-43-40-37-21-18-15-12-9-6-3)63-57(60)51-48-45-42-39-36-34-32-29-27-25-23-20-17-14-11-8-5-2/h17,20,22,24-28,30-31,54H,4-16,18-19,21,23,29,32-53H2,1-3H3/b20-17-,24-22-,27-25-,28-26-,31-30-. The minimum absolute atomic E-state index is 0.0827. The third-order valence-corrected chi connectivity index (χ3v) is 11.6. The molecule has 6 heteroatoms. The molecule has 0 aromatic carbocycles. The minimum Gasteiger partial charge on any atom is -0.462 e. The average Bonchev–Trinajstić information content (AvgIpc) is 3.28. The molecule has 0 rings (SSSR count). The van der Waals surface area contributed by atoms with Crippen molar-refractivity contribution in [3.05, 3.63) is 60.8 Å². The third kappa shape index (κ3) is 50.0. The van der Waals surface area contributed by atoms with E-state index < -0.39 is 6.10 Å². The van der Waals surface area contributed by atoms with Gasteiger partial charge in [0.25, 0.3) is 0 Å². The van der Waals surface area contributed by atoms with Crippen molar-refractivity contribution >= 4 is 17.9 Å². The molecule has 0 heterocycles. The Balaban J connectivity index is 4.39.